The number of rotatable bonds is 4. The lowest BCUT2D eigenvalue weighted by atomic mass is 10.1. The molecule has 2 heterocycles. The maximum atomic E-state index is 13.0. The van der Waals surface area contributed by atoms with Gasteiger partial charge in [0.2, 0.25) is 5.43 Å². The molecule has 3 rings (SSSR count). The van der Waals surface area contributed by atoms with Crippen LogP contribution in [0.3, 0.4) is 0 Å². The van der Waals surface area contributed by atoms with Gasteiger partial charge in [-0.05, 0) is 20.8 Å². The van der Waals surface area contributed by atoms with Gasteiger partial charge in [0.05, 0.1) is 23.2 Å². The van der Waals surface area contributed by atoms with Crippen LogP contribution in [-0.2, 0) is 18.3 Å². The van der Waals surface area contributed by atoms with E-state index in [1.54, 1.807) is 13.1 Å². The Balaban J connectivity index is 2.43. The molecule has 0 N–H and O–H groups in total. The number of aromatic nitrogens is 2. The van der Waals surface area contributed by atoms with Crippen molar-refractivity contribution in [1.29, 1.82) is 0 Å². The van der Waals surface area contributed by atoms with Crippen molar-refractivity contribution in [1.82, 2.24) is 9.13 Å². The zero-order valence-corrected chi connectivity index (χ0v) is 15.0. The number of pyridine rings is 1. The first-order valence-electron chi connectivity index (χ1n) is 8.46. The van der Waals surface area contributed by atoms with Crippen LogP contribution in [0.15, 0.2) is 41.3 Å². The van der Waals surface area contributed by atoms with Crippen LogP contribution in [0.1, 0.15) is 29.9 Å². The van der Waals surface area contributed by atoms with Gasteiger partial charge in [0.15, 0.2) is 0 Å². The number of hydrogen-bond acceptors (Lipinski definition) is 3. The predicted octanol–water partition coefficient (Wildman–Crippen LogP) is 3.51. The average Bonchev–Trinajstić information content (AvgIpc) is 2.88. The van der Waals surface area contributed by atoms with Gasteiger partial charge in [-0.3, -0.25) is 4.79 Å². The summed E-state index contributed by atoms with van der Waals surface area (Å²) in [5.41, 5.74) is 3.52. The molecule has 0 bridgehead atoms. The first-order valence-corrected chi connectivity index (χ1v) is 8.46. The summed E-state index contributed by atoms with van der Waals surface area (Å²) in [6, 6.07) is 9.97. The Labute approximate surface area is 146 Å². The van der Waals surface area contributed by atoms with E-state index in [1.807, 2.05) is 60.4 Å². The standard InChI is InChI=1S/C20H22N2O3/c1-5-22-12-15(20(24)25-6-2)19(23)16-13(3)21(4)17(18(16)22)14-10-8-7-9-11-14/h7-12H,5-6H2,1-4H3. The van der Waals surface area contributed by atoms with Crippen molar-refractivity contribution in [2.24, 2.45) is 7.05 Å². The lowest BCUT2D eigenvalue weighted by molar-refractivity contribution is 0.0524. The molecule has 5 nitrogen and oxygen atoms in total. The van der Waals surface area contributed by atoms with E-state index in [4.69, 9.17) is 4.74 Å². The van der Waals surface area contributed by atoms with Gasteiger partial charge in [-0.1, -0.05) is 30.3 Å². The second kappa shape index (κ2) is 6.59. The molecule has 0 saturated carbocycles. The summed E-state index contributed by atoms with van der Waals surface area (Å²) in [4.78, 5) is 25.2. The van der Waals surface area contributed by atoms with Gasteiger partial charge < -0.3 is 13.9 Å². The number of esters is 1. The van der Waals surface area contributed by atoms with Gasteiger partial charge in [-0.2, -0.15) is 0 Å². The van der Waals surface area contributed by atoms with Crippen LogP contribution in [0.2, 0.25) is 0 Å². The zero-order valence-electron chi connectivity index (χ0n) is 15.0. The van der Waals surface area contributed by atoms with Crippen molar-refractivity contribution in [3.05, 3.63) is 58.0 Å². The van der Waals surface area contributed by atoms with E-state index in [1.165, 1.54) is 0 Å². The summed E-state index contributed by atoms with van der Waals surface area (Å²) in [7, 11) is 1.95. The Morgan fingerprint density at radius 3 is 2.44 bits per heavy atom. The number of fused-ring (bicyclic) bond motifs is 1. The molecule has 130 valence electrons. The van der Waals surface area contributed by atoms with E-state index < -0.39 is 5.97 Å². The number of aryl methyl sites for hydroxylation is 2. The molecule has 25 heavy (non-hydrogen) atoms. The van der Waals surface area contributed by atoms with E-state index >= 15 is 0 Å². The van der Waals surface area contributed by atoms with Crippen LogP contribution in [0.4, 0.5) is 0 Å². The van der Waals surface area contributed by atoms with Crippen LogP contribution in [-0.4, -0.2) is 21.7 Å². The highest BCUT2D eigenvalue weighted by molar-refractivity contribution is 6.00. The number of benzene rings is 1. The fraction of sp³-hybridized carbons (Fsp3) is 0.300. The lowest BCUT2D eigenvalue weighted by Gasteiger charge is -2.11. The second-order valence-electron chi connectivity index (χ2n) is 5.96. The third kappa shape index (κ3) is 2.65. The second-order valence-corrected chi connectivity index (χ2v) is 5.96. The van der Waals surface area contributed by atoms with Crippen molar-refractivity contribution < 1.29 is 9.53 Å². The lowest BCUT2D eigenvalue weighted by Crippen LogP contribution is -2.20. The third-order valence-corrected chi connectivity index (χ3v) is 4.59. The number of ether oxygens (including phenoxy) is 1. The van der Waals surface area contributed by atoms with Crippen molar-refractivity contribution in [3.8, 4) is 11.3 Å². The molecule has 0 aliphatic heterocycles. The van der Waals surface area contributed by atoms with E-state index in [-0.39, 0.29) is 17.6 Å². The molecule has 0 atom stereocenters. The van der Waals surface area contributed by atoms with Gasteiger partial charge in [-0.25, -0.2) is 4.79 Å². The molecule has 0 saturated heterocycles. The Hall–Kier alpha value is -2.82. The quantitative estimate of drug-likeness (QED) is 0.684. The number of carbonyl (C=O) groups excluding carboxylic acids is 1. The minimum atomic E-state index is -0.568. The van der Waals surface area contributed by atoms with E-state index in [0.717, 1.165) is 22.5 Å². The molecular formula is C20H22N2O3. The summed E-state index contributed by atoms with van der Waals surface area (Å²) in [5, 5.41) is 0.578. The molecule has 0 amide bonds. The molecule has 0 fully saturated rings. The molecule has 0 unspecified atom stereocenters. The van der Waals surface area contributed by atoms with Crippen LogP contribution in [0.5, 0.6) is 0 Å². The molecular weight excluding hydrogens is 316 g/mol. The van der Waals surface area contributed by atoms with Crippen LogP contribution >= 0.6 is 0 Å². The van der Waals surface area contributed by atoms with Gasteiger partial charge in [0.1, 0.15) is 5.56 Å². The van der Waals surface area contributed by atoms with Crippen LogP contribution in [0, 0.1) is 6.92 Å². The maximum Gasteiger partial charge on any atom is 0.343 e. The highest BCUT2D eigenvalue weighted by Gasteiger charge is 2.23. The minimum absolute atomic E-state index is 0.0875. The molecule has 1 aromatic carbocycles. The van der Waals surface area contributed by atoms with Crippen molar-refractivity contribution in [2.45, 2.75) is 27.3 Å². The van der Waals surface area contributed by atoms with Crippen LogP contribution < -0.4 is 5.43 Å². The third-order valence-electron chi connectivity index (χ3n) is 4.59. The predicted molar refractivity (Wildman–Crippen MR) is 99.0 cm³/mol. The van der Waals surface area contributed by atoms with Gasteiger partial charge >= 0.3 is 5.97 Å². The molecule has 2 aromatic heterocycles. The van der Waals surface area contributed by atoms with E-state index in [0.29, 0.717) is 11.9 Å². The SMILES string of the molecule is CCOC(=O)c1cn(CC)c2c(-c3ccccc3)n(C)c(C)c2c1=O. The first kappa shape index (κ1) is 17.0. The topological polar surface area (TPSA) is 53.2 Å². The Morgan fingerprint density at radius 1 is 1.16 bits per heavy atom. The molecule has 3 aromatic rings. The Bertz CT molecular complexity index is 997. The first-order chi connectivity index (χ1) is 12.0. The molecule has 0 aliphatic rings. The highest BCUT2D eigenvalue weighted by Crippen LogP contribution is 2.31. The van der Waals surface area contributed by atoms with Crippen molar-refractivity contribution in [2.75, 3.05) is 6.61 Å². The fourth-order valence-electron chi connectivity index (χ4n) is 3.28. The van der Waals surface area contributed by atoms with E-state index in [2.05, 4.69) is 0 Å². The van der Waals surface area contributed by atoms with Crippen molar-refractivity contribution in [3.63, 3.8) is 0 Å². The summed E-state index contributed by atoms with van der Waals surface area (Å²) in [6.45, 7) is 6.52. The Kier molecular flexibility index (Phi) is 4.49. The summed E-state index contributed by atoms with van der Waals surface area (Å²) in [5.74, 6) is -0.568. The van der Waals surface area contributed by atoms with Crippen LogP contribution in [0.25, 0.3) is 22.2 Å². The Morgan fingerprint density at radius 2 is 1.84 bits per heavy atom. The molecule has 0 spiro atoms. The monoisotopic (exact) mass is 338 g/mol. The number of hydrogen-bond donors (Lipinski definition) is 0. The van der Waals surface area contributed by atoms with E-state index in [9.17, 15) is 9.59 Å². The summed E-state index contributed by atoms with van der Waals surface area (Å²) >= 11 is 0. The fourth-order valence-corrected chi connectivity index (χ4v) is 3.28. The maximum absolute atomic E-state index is 13.0. The van der Waals surface area contributed by atoms with Crippen molar-refractivity contribution >= 4 is 16.9 Å². The summed E-state index contributed by atoms with van der Waals surface area (Å²) < 4.78 is 9.03. The molecule has 0 aliphatic carbocycles. The average molecular weight is 338 g/mol. The summed E-state index contributed by atoms with van der Waals surface area (Å²) in [6.07, 6.45) is 1.62. The van der Waals surface area contributed by atoms with Gasteiger partial charge in [-0.15, -0.1) is 0 Å². The molecule has 5 heteroatoms. The molecule has 0 radical (unpaired) electrons. The highest BCUT2D eigenvalue weighted by atomic mass is 16.5. The van der Waals surface area contributed by atoms with Gasteiger partial charge in [0.25, 0.3) is 0 Å². The number of nitrogens with zero attached hydrogens (tertiary/aromatic N) is 2. The minimum Gasteiger partial charge on any atom is -0.462 e. The normalized spacial score (nSPS) is 11.0. The zero-order chi connectivity index (χ0) is 18.1. The van der Waals surface area contributed by atoms with Gasteiger partial charge in [0, 0.05) is 31.0 Å². The largest absolute Gasteiger partial charge is 0.462 e. The number of carbonyl (C=O) groups is 1. The smallest absolute Gasteiger partial charge is 0.343 e.